The molecule has 0 spiro atoms. The second-order valence-corrected chi connectivity index (χ2v) is 0.316. The summed E-state index contributed by atoms with van der Waals surface area (Å²) in [5, 5.41) is 7.57. The molecule has 0 fully saturated rings. The normalized spacial score (nSPS) is 3.60. The fourth-order valence-electron chi connectivity index (χ4n) is 0. The molecule has 0 aliphatic carbocycles. The Morgan fingerprint density at radius 1 is 1.60 bits per heavy atom. The summed E-state index contributed by atoms with van der Waals surface area (Å²) in [6.45, 7) is 1.93. The molecule has 5 heavy (non-hydrogen) atoms. The smallest absolute Gasteiger partial charge is 1.00 e. The van der Waals surface area contributed by atoms with Gasteiger partial charge >= 0.3 is 51.4 Å². The zero-order valence-electron chi connectivity index (χ0n) is 3.53. The van der Waals surface area contributed by atoms with Crippen molar-refractivity contribution in [3.63, 3.8) is 0 Å². The molecule has 0 atom stereocenters. The molecule has 0 aromatic heterocycles. The monoisotopic (exact) mass is 104 g/mol. The molecule has 0 aromatic rings. The molecule has 0 saturated carbocycles. The average molecular weight is 104 g/mol. The molecule has 0 amide bonds. The van der Waals surface area contributed by atoms with E-state index < -0.39 is 0 Å². The third-order valence-electron chi connectivity index (χ3n) is 0. The van der Waals surface area contributed by atoms with Crippen LogP contribution in [-0.2, 0) is 0 Å². The first-order valence-corrected chi connectivity index (χ1v) is 1.02. The van der Waals surface area contributed by atoms with Crippen LogP contribution in [0.2, 0.25) is 0 Å². The average Bonchev–Trinajstić information content (AvgIpc) is 0.918. The van der Waals surface area contributed by atoms with Gasteiger partial charge < -0.3 is 9.81 Å². The molecule has 0 saturated heterocycles. The van der Waals surface area contributed by atoms with Crippen molar-refractivity contribution in [1.29, 1.82) is 0 Å². The van der Waals surface area contributed by atoms with E-state index in [1.165, 1.54) is 0 Å². The van der Waals surface area contributed by atoms with Crippen molar-refractivity contribution >= 4 is 0 Å². The van der Waals surface area contributed by atoms with Crippen molar-refractivity contribution in [1.82, 2.24) is 0 Å². The van der Waals surface area contributed by atoms with E-state index in [0.717, 1.165) is 0 Å². The van der Waals surface area contributed by atoms with E-state index in [1.807, 2.05) is 0 Å². The van der Waals surface area contributed by atoms with Crippen LogP contribution in [0.15, 0.2) is 0 Å². The molecule has 0 unspecified atom stereocenters. The van der Waals surface area contributed by atoms with E-state index in [0.29, 0.717) is 0 Å². The van der Waals surface area contributed by atoms with Crippen LogP contribution < -0.4 is 56.1 Å². The van der Waals surface area contributed by atoms with Crippen LogP contribution in [0.4, 0.5) is 0 Å². The summed E-state index contributed by atoms with van der Waals surface area (Å²) in [6, 6.07) is 0. The Balaban J connectivity index is -0.0000000200. The van der Waals surface area contributed by atoms with Gasteiger partial charge in [-0.2, -0.15) is 0 Å². The zero-order chi connectivity index (χ0) is 2.71. The fourth-order valence-corrected chi connectivity index (χ4v) is 0. The van der Waals surface area contributed by atoms with Gasteiger partial charge in [-0.3, -0.25) is 0 Å². The summed E-state index contributed by atoms with van der Waals surface area (Å²) in [5.74, 6) is 0. The van der Waals surface area contributed by atoms with Gasteiger partial charge in [0.25, 0.3) is 0 Å². The molecule has 28 valence electrons. The van der Waals surface area contributed by atoms with E-state index >= 15 is 0 Å². The van der Waals surface area contributed by atoms with E-state index in [4.69, 9.17) is 5.11 Å². The molecule has 0 radical (unpaired) electrons. The van der Waals surface area contributed by atoms with E-state index in [-0.39, 0.29) is 62.7 Å². The Morgan fingerprint density at radius 2 is 1.60 bits per heavy atom. The number of hydrogen-bond acceptors (Lipinski definition) is 1. The van der Waals surface area contributed by atoms with Crippen molar-refractivity contribution in [2.24, 2.45) is 0 Å². The molecule has 0 aliphatic rings. The molecule has 0 aromatic carbocycles. The van der Waals surface area contributed by atoms with Gasteiger partial charge in [-0.1, -0.05) is 0 Å². The summed E-state index contributed by atoms with van der Waals surface area (Å²) in [7, 11) is 0. The molecular weight excluding hydrogens is 98.1 g/mol. The van der Waals surface area contributed by atoms with Gasteiger partial charge in [-0.25, -0.2) is 0 Å². The van der Waals surface area contributed by atoms with Gasteiger partial charge in [0, 0.05) is 6.61 Å². The van der Waals surface area contributed by atoms with Gasteiger partial charge in [-0.05, 0) is 6.92 Å². The molecule has 1 N–H and O–H groups in total. The maximum absolute atomic E-state index is 7.57. The van der Waals surface area contributed by atoms with Crippen LogP contribution in [0.3, 0.4) is 0 Å². The number of aliphatic hydroxyl groups is 1. The Hall–Kier alpha value is 1.53. The molecule has 1 nitrogen and oxygen atoms in total. The first kappa shape index (κ1) is 16.0. The Morgan fingerprint density at radius 3 is 1.60 bits per heavy atom. The maximum Gasteiger partial charge on any atom is 1.00 e. The minimum absolute atomic E-state index is 0. The van der Waals surface area contributed by atoms with Gasteiger partial charge in [0.05, 0.1) is 0 Å². The first-order valence-electron chi connectivity index (χ1n) is 1.02. The summed E-state index contributed by atoms with van der Waals surface area (Å²) >= 11 is 0. The summed E-state index contributed by atoms with van der Waals surface area (Å²) in [6.07, 6.45) is 0. The van der Waals surface area contributed by atoms with Gasteiger partial charge in [0.15, 0.2) is 0 Å². The van der Waals surface area contributed by atoms with Crippen molar-refractivity contribution in [3.05, 3.63) is 0 Å². The third-order valence-corrected chi connectivity index (χ3v) is 0. The first-order chi connectivity index (χ1) is 1.41. The molecular formula is C2H6FKO. The Labute approximate surface area is 73.5 Å². The molecule has 0 aliphatic heterocycles. The minimum atomic E-state index is 0. The van der Waals surface area contributed by atoms with Crippen molar-refractivity contribution in [2.45, 2.75) is 6.92 Å². The van der Waals surface area contributed by atoms with Gasteiger partial charge in [0.1, 0.15) is 0 Å². The van der Waals surface area contributed by atoms with E-state index in [2.05, 4.69) is 0 Å². The Kier molecular flexibility index (Phi) is 56.9. The van der Waals surface area contributed by atoms with Crippen molar-refractivity contribution < 1.29 is 61.2 Å². The van der Waals surface area contributed by atoms with Crippen LogP contribution in [0.25, 0.3) is 0 Å². The minimum Gasteiger partial charge on any atom is -1.00 e. The maximum atomic E-state index is 7.57. The number of halogens is 1. The second kappa shape index (κ2) is 17.7. The quantitative estimate of drug-likeness (QED) is 0.303. The summed E-state index contributed by atoms with van der Waals surface area (Å²) < 4.78 is 0. The van der Waals surface area contributed by atoms with Crippen LogP contribution in [0.5, 0.6) is 0 Å². The zero-order valence-corrected chi connectivity index (χ0v) is 6.66. The van der Waals surface area contributed by atoms with E-state index in [9.17, 15) is 0 Å². The third kappa shape index (κ3) is 29.5. The van der Waals surface area contributed by atoms with Gasteiger partial charge in [-0.15, -0.1) is 0 Å². The largest absolute Gasteiger partial charge is 1.00 e. The van der Waals surface area contributed by atoms with Crippen molar-refractivity contribution in [3.8, 4) is 0 Å². The molecule has 0 heterocycles. The standard InChI is InChI=1S/C2H6O.FH.K/c1-2-3;;/h3H,2H2,1H3;1H;/q;;+1/p-1. The number of rotatable bonds is 0. The van der Waals surface area contributed by atoms with Crippen molar-refractivity contribution in [2.75, 3.05) is 6.61 Å². The number of hydrogen-bond donors (Lipinski definition) is 1. The van der Waals surface area contributed by atoms with Crippen LogP contribution in [-0.4, -0.2) is 11.7 Å². The summed E-state index contributed by atoms with van der Waals surface area (Å²) in [5.41, 5.74) is 0. The predicted molar refractivity (Wildman–Crippen MR) is 12.8 cm³/mol. The van der Waals surface area contributed by atoms with Crippen LogP contribution in [0.1, 0.15) is 6.92 Å². The SMILES string of the molecule is CCO.[F-].[K+]. The number of aliphatic hydroxyl groups excluding tert-OH is 1. The molecule has 0 bridgehead atoms. The summed E-state index contributed by atoms with van der Waals surface area (Å²) in [4.78, 5) is 0. The Bertz CT molecular complexity index is 9.61. The van der Waals surface area contributed by atoms with Crippen LogP contribution in [0, 0.1) is 0 Å². The molecule has 0 rings (SSSR count). The van der Waals surface area contributed by atoms with E-state index in [1.54, 1.807) is 6.92 Å². The van der Waals surface area contributed by atoms with Gasteiger partial charge in [0.2, 0.25) is 0 Å². The van der Waals surface area contributed by atoms with Crippen LogP contribution >= 0.6 is 0 Å². The second-order valence-electron chi connectivity index (χ2n) is 0.316. The fraction of sp³-hybridized carbons (Fsp3) is 1.00. The predicted octanol–water partition coefficient (Wildman–Crippen LogP) is -5.99. The molecule has 3 heteroatoms. The topological polar surface area (TPSA) is 20.2 Å².